The van der Waals surface area contributed by atoms with E-state index in [1.807, 2.05) is 0 Å². The molecule has 0 aliphatic rings. The largest absolute Gasteiger partial charge is 0.412 e. The van der Waals surface area contributed by atoms with Gasteiger partial charge in [0, 0.05) is 23.8 Å². The van der Waals surface area contributed by atoms with E-state index in [1.165, 1.54) is 27.2 Å². The molecule has 0 fully saturated rings. The van der Waals surface area contributed by atoms with Gasteiger partial charge in [0.05, 0.1) is 0 Å². The van der Waals surface area contributed by atoms with E-state index < -0.39 is 0 Å². The molecule has 0 radical (unpaired) electrons. The van der Waals surface area contributed by atoms with Crippen LogP contribution < -0.4 is 0 Å². The van der Waals surface area contributed by atoms with Gasteiger partial charge in [-0.3, -0.25) is 11.2 Å². The number of rotatable bonds is 5. The standard InChI is InChI=1S/2C5H7O2.C3H6.2H2O.Ti/c2*1-4(6)3-5(2)7;1-3-2;;;/h3H,1-2H3;1,3H2,2H3;1H,3H2,2H3;2*1H2;/q2*-1;;;;+2. The molecular formula is C13H24O6Ti. The van der Waals surface area contributed by atoms with Gasteiger partial charge in [-0.05, 0) is 20.8 Å². The minimum atomic E-state index is -0.312. The SMILES string of the molecule is CC(=O)[CH-]C(C)=O.CC[CH]=[Ti+2].O.O.[CH2-]C(=O)CC(C)=O. The Balaban J connectivity index is -0.0000000555. The van der Waals surface area contributed by atoms with Crippen LogP contribution in [0, 0.1) is 13.3 Å². The van der Waals surface area contributed by atoms with Crippen LogP contribution in [0.2, 0.25) is 0 Å². The third-order valence-electron chi connectivity index (χ3n) is 1.06. The maximum absolute atomic E-state index is 9.99. The van der Waals surface area contributed by atoms with Gasteiger partial charge < -0.3 is 32.3 Å². The van der Waals surface area contributed by atoms with Crippen molar-refractivity contribution in [1.82, 2.24) is 0 Å². The average molecular weight is 324 g/mol. The second-order valence-corrected chi connectivity index (χ2v) is 4.03. The summed E-state index contributed by atoms with van der Waals surface area (Å²) in [6, 6.07) is 0. The summed E-state index contributed by atoms with van der Waals surface area (Å²) in [6.07, 6.45) is 2.22. The fourth-order valence-corrected chi connectivity index (χ4v) is 0.564. The van der Waals surface area contributed by atoms with Crippen LogP contribution in [-0.4, -0.2) is 38.4 Å². The zero-order valence-electron chi connectivity index (χ0n) is 12.4. The Labute approximate surface area is 131 Å². The summed E-state index contributed by atoms with van der Waals surface area (Å²) in [6.45, 7) is 9.21. The maximum Gasteiger partial charge on any atom is 0.134 e. The number of hydrogen-bond acceptors (Lipinski definition) is 4. The topological polar surface area (TPSA) is 131 Å². The first-order chi connectivity index (χ1) is 8.17. The molecule has 20 heavy (non-hydrogen) atoms. The van der Waals surface area contributed by atoms with Gasteiger partial charge >= 0.3 is 37.6 Å². The van der Waals surface area contributed by atoms with E-state index in [4.69, 9.17) is 0 Å². The fourth-order valence-electron chi connectivity index (χ4n) is 0.564. The third-order valence-corrected chi connectivity index (χ3v) is 1.69. The molecule has 116 valence electrons. The molecule has 7 heteroatoms. The van der Waals surface area contributed by atoms with Crippen molar-refractivity contribution in [3.8, 4) is 0 Å². The quantitative estimate of drug-likeness (QED) is 0.394. The van der Waals surface area contributed by atoms with E-state index in [0.29, 0.717) is 0 Å². The normalized spacial score (nSPS) is 6.90. The van der Waals surface area contributed by atoms with Crippen molar-refractivity contribution >= 4 is 27.4 Å². The van der Waals surface area contributed by atoms with Gasteiger partial charge in [0.2, 0.25) is 0 Å². The number of carbonyl (C=O) groups excluding carboxylic acids is 4. The van der Waals surface area contributed by atoms with Crippen LogP contribution in [0.3, 0.4) is 0 Å². The van der Waals surface area contributed by atoms with Crippen LogP contribution in [0.5, 0.6) is 0 Å². The minimum Gasteiger partial charge on any atom is -0.412 e. The molecule has 0 bridgehead atoms. The smallest absolute Gasteiger partial charge is 0.134 e. The zero-order chi connectivity index (χ0) is 15.1. The van der Waals surface area contributed by atoms with Gasteiger partial charge in [-0.25, -0.2) is 0 Å². The van der Waals surface area contributed by atoms with Crippen molar-refractivity contribution in [2.24, 2.45) is 0 Å². The van der Waals surface area contributed by atoms with Gasteiger partial charge in [0.15, 0.2) is 0 Å². The molecule has 4 N–H and O–H groups in total. The summed E-state index contributed by atoms with van der Waals surface area (Å²) in [5, 5.41) is 0. The summed E-state index contributed by atoms with van der Waals surface area (Å²) >= 11 is 2.06. The van der Waals surface area contributed by atoms with E-state index in [2.05, 4.69) is 38.1 Å². The average Bonchev–Trinajstić information content (AvgIpc) is 2.14. The van der Waals surface area contributed by atoms with Crippen molar-refractivity contribution in [3.63, 3.8) is 0 Å². The second kappa shape index (κ2) is 23.1. The minimum absolute atomic E-state index is 0. The van der Waals surface area contributed by atoms with Crippen molar-refractivity contribution in [2.45, 2.75) is 40.5 Å². The van der Waals surface area contributed by atoms with E-state index >= 15 is 0 Å². The predicted molar refractivity (Wildman–Crippen MR) is 74.9 cm³/mol. The molecule has 0 amide bonds. The van der Waals surface area contributed by atoms with E-state index in [1.54, 1.807) is 0 Å². The van der Waals surface area contributed by atoms with Gasteiger partial charge in [-0.15, -0.1) is 0 Å². The molecule has 0 aliphatic heterocycles. The van der Waals surface area contributed by atoms with Crippen molar-refractivity contribution in [3.05, 3.63) is 13.3 Å². The fraction of sp³-hybridized carbons (Fsp3) is 0.462. The van der Waals surface area contributed by atoms with E-state index in [0.717, 1.165) is 6.42 Å². The van der Waals surface area contributed by atoms with Crippen LogP contribution in [0.15, 0.2) is 0 Å². The summed E-state index contributed by atoms with van der Waals surface area (Å²) in [4.78, 5) is 39.9. The molecule has 0 saturated carbocycles. The zero-order valence-corrected chi connectivity index (χ0v) is 14.0. The molecule has 0 aliphatic carbocycles. The Hall–Kier alpha value is -1.08. The number of Topliss-reactive ketones (excluding diaryl/α,β-unsaturated/α-hetero) is 4. The molecule has 0 atom stereocenters. The Bertz CT molecular complexity index is 249. The maximum atomic E-state index is 9.99. The van der Waals surface area contributed by atoms with E-state index in [-0.39, 0.29) is 40.5 Å². The Kier molecular flexibility index (Phi) is 36.1. The van der Waals surface area contributed by atoms with Crippen LogP contribution >= 0.6 is 0 Å². The first kappa shape index (κ1) is 31.4. The molecular weight excluding hydrogens is 300 g/mol. The Morgan fingerprint density at radius 2 is 1.35 bits per heavy atom. The summed E-state index contributed by atoms with van der Waals surface area (Å²) < 4.78 is 2.12. The predicted octanol–water partition coefficient (Wildman–Crippen LogP) is -0.167. The summed E-state index contributed by atoms with van der Waals surface area (Å²) in [5.41, 5.74) is 0. The van der Waals surface area contributed by atoms with Crippen LogP contribution in [0.25, 0.3) is 0 Å². The van der Waals surface area contributed by atoms with Gasteiger partial charge in [0.1, 0.15) is 5.78 Å². The van der Waals surface area contributed by atoms with Gasteiger partial charge in [0.25, 0.3) is 0 Å². The monoisotopic (exact) mass is 324 g/mol. The van der Waals surface area contributed by atoms with Gasteiger partial charge in [-0.1, -0.05) is 0 Å². The number of hydrogen-bond donors (Lipinski definition) is 0. The first-order valence-electron chi connectivity index (χ1n) is 5.36. The molecule has 0 spiro atoms. The Morgan fingerprint density at radius 1 is 1.05 bits per heavy atom. The van der Waals surface area contributed by atoms with Crippen LogP contribution in [0.4, 0.5) is 0 Å². The van der Waals surface area contributed by atoms with Crippen LogP contribution in [0.1, 0.15) is 40.5 Å². The molecule has 0 aromatic rings. The van der Waals surface area contributed by atoms with Crippen LogP contribution in [-0.2, 0) is 39.2 Å². The number of ketones is 4. The summed E-state index contributed by atoms with van der Waals surface area (Å²) in [5.74, 6) is -0.812. The number of carbonyl (C=O) groups is 4. The van der Waals surface area contributed by atoms with Crippen molar-refractivity contribution < 1.29 is 50.1 Å². The van der Waals surface area contributed by atoms with Crippen molar-refractivity contribution in [1.29, 1.82) is 0 Å². The summed E-state index contributed by atoms with van der Waals surface area (Å²) in [7, 11) is 0. The molecule has 0 heterocycles. The molecule has 0 rings (SSSR count). The molecule has 0 saturated heterocycles. The molecule has 0 aromatic heterocycles. The Morgan fingerprint density at radius 3 is 1.35 bits per heavy atom. The van der Waals surface area contributed by atoms with E-state index in [9.17, 15) is 19.2 Å². The first-order valence-corrected chi connectivity index (χ1v) is 6.26. The van der Waals surface area contributed by atoms with Crippen molar-refractivity contribution in [2.75, 3.05) is 0 Å². The second-order valence-electron chi connectivity index (χ2n) is 3.40. The molecule has 0 aromatic carbocycles. The third kappa shape index (κ3) is 68.3. The molecule has 0 unspecified atom stereocenters. The van der Waals surface area contributed by atoms with Gasteiger partial charge in [-0.2, -0.15) is 0 Å². The molecule has 6 nitrogen and oxygen atoms in total.